The van der Waals surface area contributed by atoms with Crippen molar-refractivity contribution in [2.45, 2.75) is 5.92 Å². The summed E-state index contributed by atoms with van der Waals surface area (Å²) in [5, 5.41) is 10.7. The molecule has 1 aromatic heterocycles. The summed E-state index contributed by atoms with van der Waals surface area (Å²) in [7, 11) is 0. The lowest BCUT2D eigenvalue weighted by Crippen LogP contribution is -2.30. The fraction of sp³-hybridized carbons (Fsp3) is 0.312. The van der Waals surface area contributed by atoms with E-state index in [1.807, 2.05) is 30.3 Å². The van der Waals surface area contributed by atoms with Gasteiger partial charge in [-0.25, -0.2) is 0 Å². The quantitative estimate of drug-likeness (QED) is 0.662. The topological polar surface area (TPSA) is 105 Å². The van der Waals surface area contributed by atoms with Crippen LogP contribution in [0.4, 0.5) is 5.69 Å². The minimum atomic E-state index is -0.521. The van der Waals surface area contributed by atoms with Crippen molar-refractivity contribution in [3.8, 4) is 0 Å². The molecule has 7 heteroatoms. The van der Waals surface area contributed by atoms with Crippen LogP contribution in [0.1, 0.15) is 22.0 Å². The van der Waals surface area contributed by atoms with E-state index in [9.17, 15) is 14.9 Å². The Labute approximate surface area is 133 Å². The number of nitro groups is 1. The van der Waals surface area contributed by atoms with E-state index in [1.54, 1.807) is 4.90 Å². The number of carbonyl (C=O) groups excluding carboxylic acids is 1. The number of hydrogen-bond acceptors (Lipinski definition) is 4. The molecule has 0 spiro atoms. The Bertz CT molecular complexity index is 713. The Balaban J connectivity index is 1.78. The number of rotatable bonds is 4. The zero-order valence-electron chi connectivity index (χ0n) is 12.5. The van der Waals surface area contributed by atoms with E-state index in [2.05, 4.69) is 4.98 Å². The highest BCUT2D eigenvalue weighted by Gasteiger charge is 2.36. The van der Waals surface area contributed by atoms with Gasteiger partial charge in [-0.05, 0) is 18.0 Å². The lowest BCUT2D eigenvalue weighted by Gasteiger charge is -2.16. The van der Waals surface area contributed by atoms with Crippen molar-refractivity contribution >= 4 is 11.6 Å². The number of H-pyrrole nitrogens is 1. The first-order valence-corrected chi connectivity index (χ1v) is 7.47. The van der Waals surface area contributed by atoms with Gasteiger partial charge < -0.3 is 15.6 Å². The standard InChI is InChI=1S/C16H18N4O3/c17-7-12-9-19(10-14(12)11-4-2-1-3-5-11)16(21)15-6-13(8-18-15)20(22)23/h1-6,8,12,14,18H,7,9-10,17H2/t12-,14+/m1/s1. The number of benzene rings is 1. The molecule has 0 bridgehead atoms. The number of nitrogens with one attached hydrogen (secondary N) is 1. The van der Waals surface area contributed by atoms with E-state index in [0.29, 0.717) is 19.6 Å². The number of carbonyl (C=O) groups is 1. The molecule has 1 aliphatic heterocycles. The first-order valence-electron chi connectivity index (χ1n) is 7.47. The number of hydrogen-bond donors (Lipinski definition) is 2. The number of nitrogens with zero attached hydrogens (tertiary/aromatic N) is 2. The summed E-state index contributed by atoms with van der Waals surface area (Å²) in [5.74, 6) is 0.149. The fourth-order valence-corrected chi connectivity index (χ4v) is 3.14. The minimum Gasteiger partial charge on any atom is -0.351 e. The Morgan fingerprint density at radius 3 is 2.70 bits per heavy atom. The van der Waals surface area contributed by atoms with Gasteiger partial charge in [-0.3, -0.25) is 14.9 Å². The van der Waals surface area contributed by atoms with Gasteiger partial charge >= 0.3 is 0 Å². The van der Waals surface area contributed by atoms with Crippen molar-refractivity contribution < 1.29 is 9.72 Å². The summed E-state index contributed by atoms with van der Waals surface area (Å²) in [6.45, 7) is 1.62. The van der Waals surface area contributed by atoms with E-state index in [-0.39, 0.29) is 29.1 Å². The van der Waals surface area contributed by atoms with Gasteiger partial charge in [0.15, 0.2) is 0 Å². The highest BCUT2D eigenvalue weighted by Crippen LogP contribution is 2.32. The summed E-state index contributed by atoms with van der Waals surface area (Å²) in [6.07, 6.45) is 1.23. The third kappa shape index (κ3) is 2.95. The van der Waals surface area contributed by atoms with Crippen LogP contribution in [0.5, 0.6) is 0 Å². The molecule has 0 unspecified atom stereocenters. The summed E-state index contributed by atoms with van der Waals surface area (Å²) < 4.78 is 0. The van der Waals surface area contributed by atoms with Crippen LogP contribution in [-0.2, 0) is 0 Å². The Morgan fingerprint density at radius 1 is 1.35 bits per heavy atom. The fourth-order valence-electron chi connectivity index (χ4n) is 3.14. The molecule has 0 saturated carbocycles. The van der Waals surface area contributed by atoms with Crippen molar-refractivity contribution in [1.29, 1.82) is 0 Å². The van der Waals surface area contributed by atoms with E-state index < -0.39 is 4.92 Å². The van der Waals surface area contributed by atoms with Crippen LogP contribution in [0.2, 0.25) is 0 Å². The van der Waals surface area contributed by atoms with Crippen molar-refractivity contribution in [3.05, 3.63) is 64.0 Å². The highest BCUT2D eigenvalue weighted by atomic mass is 16.6. The molecule has 1 aliphatic rings. The highest BCUT2D eigenvalue weighted by molar-refractivity contribution is 5.93. The normalized spacial score (nSPS) is 20.7. The van der Waals surface area contributed by atoms with Gasteiger partial charge in [0, 0.05) is 25.1 Å². The second-order valence-electron chi connectivity index (χ2n) is 5.75. The molecule has 2 aromatic rings. The van der Waals surface area contributed by atoms with Gasteiger partial charge in [-0.2, -0.15) is 0 Å². The lowest BCUT2D eigenvalue weighted by molar-refractivity contribution is -0.384. The van der Waals surface area contributed by atoms with Crippen molar-refractivity contribution in [2.75, 3.05) is 19.6 Å². The third-order valence-corrected chi connectivity index (χ3v) is 4.37. The zero-order chi connectivity index (χ0) is 16.4. The Morgan fingerprint density at radius 2 is 2.09 bits per heavy atom. The van der Waals surface area contributed by atoms with Gasteiger partial charge in [0.25, 0.3) is 11.6 Å². The van der Waals surface area contributed by atoms with E-state index >= 15 is 0 Å². The molecule has 0 radical (unpaired) electrons. The van der Waals surface area contributed by atoms with E-state index in [4.69, 9.17) is 5.73 Å². The number of likely N-dealkylation sites (tertiary alicyclic amines) is 1. The molecule has 1 fully saturated rings. The van der Waals surface area contributed by atoms with Gasteiger partial charge in [-0.1, -0.05) is 30.3 Å². The van der Waals surface area contributed by atoms with Crippen molar-refractivity contribution in [2.24, 2.45) is 11.7 Å². The molecule has 3 N–H and O–H groups in total. The Kier molecular flexibility index (Phi) is 4.12. The molecule has 23 heavy (non-hydrogen) atoms. The maximum Gasteiger partial charge on any atom is 0.287 e. The van der Waals surface area contributed by atoms with Crippen LogP contribution < -0.4 is 5.73 Å². The van der Waals surface area contributed by atoms with Gasteiger partial charge in [0.05, 0.1) is 11.1 Å². The maximum atomic E-state index is 12.6. The summed E-state index contributed by atoms with van der Waals surface area (Å²) >= 11 is 0. The second kappa shape index (κ2) is 6.21. The van der Waals surface area contributed by atoms with Gasteiger partial charge in [-0.15, -0.1) is 0 Å². The smallest absolute Gasteiger partial charge is 0.287 e. The van der Waals surface area contributed by atoms with Gasteiger partial charge in [0.2, 0.25) is 0 Å². The molecule has 3 rings (SSSR count). The molecule has 1 saturated heterocycles. The molecule has 2 atom stereocenters. The van der Waals surface area contributed by atoms with Crippen LogP contribution in [-0.4, -0.2) is 40.3 Å². The molecule has 2 heterocycles. The maximum absolute atomic E-state index is 12.6. The number of amides is 1. The van der Waals surface area contributed by atoms with Crippen molar-refractivity contribution in [3.63, 3.8) is 0 Å². The number of nitrogens with two attached hydrogens (primary N) is 1. The van der Waals surface area contributed by atoms with E-state index in [1.165, 1.54) is 12.3 Å². The van der Waals surface area contributed by atoms with Crippen LogP contribution in [0.15, 0.2) is 42.6 Å². The summed E-state index contributed by atoms with van der Waals surface area (Å²) in [5.41, 5.74) is 7.16. The van der Waals surface area contributed by atoms with Crippen LogP contribution in [0, 0.1) is 16.0 Å². The second-order valence-corrected chi connectivity index (χ2v) is 5.75. The molecule has 1 aromatic carbocycles. The molecule has 1 amide bonds. The summed E-state index contributed by atoms with van der Waals surface area (Å²) in [4.78, 5) is 27.2. The van der Waals surface area contributed by atoms with Crippen LogP contribution in [0.3, 0.4) is 0 Å². The predicted octanol–water partition coefficient (Wildman–Crippen LogP) is 1.74. The number of aromatic amines is 1. The molecule has 120 valence electrons. The summed E-state index contributed by atoms with van der Waals surface area (Å²) in [6, 6.07) is 11.3. The monoisotopic (exact) mass is 314 g/mol. The first kappa shape index (κ1) is 15.2. The molecule has 7 nitrogen and oxygen atoms in total. The lowest BCUT2D eigenvalue weighted by atomic mass is 9.89. The minimum absolute atomic E-state index is 0.109. The van der Waals surface area contributed by atoms with Crippen molar-refractivity contribution in [1.82, 2.24) is 9.88 Å². The number of aromatic nitrogens is 1. The van der Waals surface area contributed by atoms with E-state index in [0.717, 1.165) is 5.56 Å². The average molecular weight is 314 g/mol. The SMILES string of the molecule is NC[C@@H]1CN(C(=O)c2cc([N+](=O)[O-])c[nH]2)C[C@H]1c1ccccc1. The molecule has 0 aliphatic carbocycles. The zero-order valence-corrected chi connectivity index (χ0v) is 12.5. The van der Waals surface area contributed by atoms with Crippen LogP contribution >= 0.6 is 0 Å². The average Bonchev–Trinajstić information content (AvgIpc) is 3.22. The Hall–Kier alpha value is -2.67. The first-order chi connectivity index (χ1) is 11.1. The van der Waals surface area contributed by atoms with Crippen LogP contribution in [0.25, 0.3) is 0 Å². The van der Waals surface area contributed by atoms with Gasteiger partial charge in [0.1, 0.15) is 5.69 Å². The largest absolute Gasteiger partial charge is 0.351 e. The molecular formula is C16H18N4O3. The molecular weight excluding hydrogens is 296 g/mol. The third-order valence-electron chi connectivity index (χ3n) is 4.37. The predicted molar refractivity (Wildman–Crippen MR) is 85.1 cm³/mol.